The van der Waals surface area contributed by atoms with E-state index in [1.54, 1.807) is 29.2 Å². The van der Waals surface area contributed by atoms with Crippen molar-refractivity contribution < 1.29 is 14.3 Å². The Morgan fingerprint density at radius 3 is 2.56 bits per heavy atom. The summed E-state index contributed by atoms with van der Waals surface area (Å²) in [6.07, 6.45) is 0.447. The number of nitrogens with one attached hydrogen (secondary N) is 1. The molecule has 2 aliphatic rings. The molecule has 138 valence electrons. The van der Waals surface area contributed by atoms with Crippen LogP contribution in [0.5, 0.6) is 0 Å². The summed E-state index contributed by atoms with van der Waals surface area (Å²) in [7, 11) is 0. The topological polar surface area (TPSA) is 61.9 Å². The van der Waals surface area contributed by atoms with Gasteiger partial charge in [0.15, 0.2) is 0 Å². The van der Waals surface area contributed by atoms with Crippen LogP contribution in [0.4, 0.5) is 0 Å². The number of rotatable bonds is 3. The predicted octanol–water partition coefficient (Wildman–Crippen LogP) is 1.42. The molecule has 1 aromatic rings. The summed E-state index contributed by atoms with van der Waals surface area (Å²) in [6, 6.07) is 7.06. The maximum atomic E-state index is 12.5. The van der Waals surface area contributed by atoms with Crippen LogP contribution in [0.15, 0.2) is 24.3 Å². The lowest BCUT2D eigenvalue weighted by atomic mass is 10.1. The highest BCUT2D eigenvalue weighted by Gasteiger charge is 2.26. The van der Waals surface area contributed by atoms with Gasteiger partial charge in [0.1, 0.15) is 0 Å². The van der Waals surface area contributed by atoms with Crippen LogP contribution in [0.1, 0.15) is 16.8 Å². The number of hydrogen-bond donors (Lipinski definition) is 1. The Bertz CT molecular complexity index is 601. The SMILES string of the molecule is Cl.O=C(CC1COCCN1)N1CCN(C(=O)c2cccc(Cl)c2)CC1. The first-order chi connectivity index (χ1) is 11.6. The summed E-state index contributed by atoms with van der Waals surface area (Å²) in [5.41, 5.74) is 0.589. The number of halogens is 2. The minimum Gasteiger partial charge on any atom is -0.378 e. The maximum Gasteiger partial charge on any atom is 0.254 e. The largest absolute Gasteiger partial charge is 0.378 e. The van der Waals surface area contributed by atoms with Gasteiger partial charge in [-0.15, -0.1) is 12.4 Å². The van der Waals surface area contributed by atoms with Gasteiger partial charge in [0.2, 0.25) is 5.91 Å². The van der Waals surface area contributed by atoms with Crippen LogP contribution in [-0.2, 0) is 9.53 Å². The van der Waals surface area contributed by atoms with Crippen LogP contribution in [0.3, 0.4) is 0 Å². The predicted molar refractivity (Wildman–Crippen MR) is 98.4 cm³/mol. The van der Waals surface area contributed by atoms with Gasteiger partial charge in [-0.3, -0.25) is 9.59 Å². The summed E-state index contributed by atoms with van der Waals surface area (Å²) in [5.74, 6) is 0.0831. The molecule has 2 heterocycles. The van der Waals surface area contributed by atoms with Crippen molar-refractivity contribution >= 4 is 35.8 Å². The van der Waals surface area contributed by atoms with Crippen LogP contribution in [0, 0.1) is 0 Å². The first-order valence-electron chi connectivity index (χ1n) is 8.27. The zero-order valence-electron chi connectivity index (χ0n) is 13.9. The van der Waals surface area contributed by atoms with E-state index in [1.807, 2.05) is 4.90 Å². The molecule has 8 heteroatoms. The van der Waals surface area contributed by atoms with Crippen LogP contribution in [-0.4, -0.2) is 73.6 Å². The smallest absolute Gasteiger partial charge is 0.254 e. The molecule has 0 aromatic heterocycles. The Labute approximate surface area is 158 Å². The summed E-state index contributed by atoms with van der Waals surface area (Å²) in [4.78, 5) is 28.5. The molecule has 0 saturated carbocycles. The normalized spacial score (nSPS) is 20.8. The molecule has 0 bridgehead atoms. The minimum absolute atomic E-state index is 0. The number of morpholine rings is 1. The number of carbonyl (C=O) groups is 2. The summed E-state index contributed by atoms with van der Waals surface area (Å²) >= 11 is 5.95. The van der Waals surface area contributed by atoms with E-state index in [0.29, 0.717) is 56.4 Å². The lowest BCUT2D eigenvalue weighted by molar-refractivity contribution is -0.133. The second-order valence-corrected chi connectivity index (χ2v) is 6.55. The molecule has 3 rings (SSSR count). The zero-order chi connectivity index (χ0) is 16.9. The summed E-state index contributed by atoms with van der Waals surface area (Å²) < 4.78 is 5.38. The number of amides is 2. The number of benzene rings is 1. The van der Waals surface area contributed by atoms with E-state index in [2.05, 4.69) is 5.32 Å². The lowest BCUT2D eigenvalue weighted by Gasteiger charge is -2.36. The molecular weight excluding hydrogens is 365 g/mol. The quantitative estimate of drug-likeness (QED) is 0.851. The third-order valence-corrected chi connectivity index (χ3v) is 4.65. The van der Waals surface area contributed by atoms with Crippen LogP contribution < -0.4 is 5.32 Å². The monoisotopic (exact) mass is 387 g/mol. The van der Waals surface area contributed by atoms with Gasteiger partial charge in [0.25, 0.3) is 5.91 Å². The maximum absolute atomic E-state index is 12.5. The Hall–Kier alpha value is -1.34. The fraction of sp³-hybridized carbons (Fsp3) is 0.529. The Kier molecular flexibility index (Phi) is 7.50. The van der Waals surface area contributed by atoms with Crippen molar-refractivity contribution in [1.82, 2.24) is 15.1 Å². The average molecular weight is 388 g/mol. The van der Waals surface area contributed by atoms with E-state index < -0.39 is 0 Å². The fourth-order valence-electron chi connectivity index (χ4n) is 3.05. The second-order valence-electron chi connectivity index (χ2n) is 6.11. The molecule has 25 heavy (non-hydrogen) atoms. The van der Waals surface area contributed by atoms with Crippen LogP contribution >= 0.6 is 24.0 Å². The molecule has 0 aliphatic carbocycles. The molecule has 1 unspecified atom stereocenters. The molecule has 0 radical (unpaired) electrons. The van der Waals surface area contributed by atoms with Gasteiger partial charge < -0.3 is 19.9 Å². The van der Waals surface area contributed by atoms with Crippen LogP contribution in [0.2, 0.25) is 5.02 Å². The van der Waals surface area contributed by atoms with Crippen molar-refractivity contribution in [2.75, 3.05) is 45.9 Å². The highest BCUT2D eigenvalue weighted by atomic mass is 35.5. The number of ether oxygens (including phenoxy) is 1. The summed E-state index contributed by atoms with van der Waals surface area (Å²) in [5, 5.41) is 3.85. The molecule has 2 aliphatic heterocycles. The van der Waals surface area contributed by atoms with Crippen LogP contribution in [0.25, 0.3) is 0 Å². The minimum atomic E-state index is -0.0352. The van der Waals surface area contributed by atoms with E-state index in [-0.39, 0.29) is 30.3 Å². The van der Waals surface area contributed by atoms with Gasteiger partial charge >= 0.3 is 0 Å². The zero-order valence-corrected chi connectivity index (χ0v) is 15.5. The van der Waals surface area contributed by atoms with Crippen molar-refractivity contribution in [2.24, 2.45) is 0 Å². The van der Waals surface area contributed by atoms with Crippen molar-refractivity contribution in [2.45, 2.75) is 12.5 Å². The van der Waals surface area contributed by atoms with E-state index in [1.165, 1.54) is 0 Å². The average Bonchev–Trinajstić information content (AvgIpc) is 2.62. The number of piperazine rings is 1. The Balaban J connectivity index is 0.00000225. The van der Waals surface area contributed by atoms with Gasteiger partial charge in [0.05, 0.1) is 13.2 Å². The molecular formula is C17H23Cl2N3O3. The first kappa shape index (κ1) is 20.0. The molecule has 0 spiro atoms. The molecule has 2 fully saturated rings. The molecule has 2 amide bonds. The third kappa shape index (κ3) is 5.31. The van der Waals surface area contributed by atoms with E-state index >= 15 is 0 Å². The molecule has 2 saturated heterocycles. The Morgan fingerprint density at radius 2 is 1.92 bits per heavy atom. The van der Waals surface area contributed by atoms with Gasteiger partial charge in [-0.2, -0.15) is 0 Å². The number of hydrogen-bond acceptors (Lipinski definition) is 4. The van der Waals surface area contributed by atoms with Crippen molar-refractivity contribution in [3.05, 3.63) is 34.9 Å². The lowest BCUT2D eigenvalue weighted by Crippen LogP contribution is -2.52. The van der Waals surface area contributed by atoms with Gasteiger partial charge in [0, 0.05) is 55.8 Å². The first-order valence-corrected chi connectivity index (χ1v) is 8.65. The molecule has 6 nitrogen and oxygen atoms in total. The van der Waals surface area contributed by atoms with Gasteiger partial charge in [-0.1, -0.05) is 17.7 Å². The van der Waals surface area contributed by atoms with Crippen molar-refractivity contribution in [3.63, 3.8) is 0 Å². The van der Waals surface area contributed by atoms with Gasteiger partial charge in [-0.25, -0.2) is 0 Å². The molecule has 1 atom stereocenters. The third-order valence-electron chi connectivity index (χ3n) is 4.41. The van der Waals surface area contributed by atoms with E-state index in [4.69, 9.17) is 16.3 Å². The van der Waals surface area contributed by atoms with E-state index in [0.717, 1.165) is 6.54 Å². The number of nitrogens with zero attached hydrogens (tertiary/aromatic N) is 2. The highest BCUT2D eigenvalue weighted by molar-refractivity contribution is 6.30. The Morgan fingerprint density at radius 1 is 1.20 bits per heavy atom. The van der Waals surface area contributed by atoms with E-state index in [9.17, 15) is 9.59 Å². The van der Waals surface area contributed by atoms with Crippen molar-refractivity contribution in [3.8, 4) is 0 Å². The highest BCUT2D eigenvalue weighted by Crippen LogP contribution is 2.15. The standard InChI is InChI=1S/C17H22ClN3O3.ClH/c18-14-3-1-2-13(10-14)17(23)21-7-5-20(6-8-21)16(22)11-15-12-24-9-4-19-15;/h1-3,10,15,19H,4-9,11-12H2;1H. The number of carbonyl (C=O) groups excluding carboxylic acids is 2. The van der Waals surface area contributed by atoms with Crippen molar-refractivity contribution in [1.29, 1.82) is 0 Å². The summed E-state index contributed by atoms with van der Waals surface area (Å²) in [6.45, 7) is 4.31. The van der Waals surface area contributed by atoms with Gasteiger partial charge in [-0.05, 0) is 18.2 Å². The molecule has 1 aromatic carbocycles. The fourth-order valence-corrected chi connectivity index (χ4v) is 3.24. The molecule has 1 N–H and O–H groups in total. The second kappa shape index (κ2) is 9.38.